The Morgan fingerprint density at radius 2 is 1.96 bits per heavy atom. The van der Waals surface area contributed by atoms with Gasteiger partial charge in [-0.3, -0.25) is 9.59 Å². The number of hydrogen-bond donors (Lipinski definition) is 2. The number of thioether (sulfide) groups is 1. The molecule has 0 unspecified atom stereocenters. The number of aromatic nitrogens is 1. The van der Waals surface area contributed by atoms with Gasteiger partial charge in [0.2, 0.25) is 11.8 Å². The van der Waals surface area contributed by atoms with Gasteiger partial charge in [0.05, 0.1) is 16.0 Å². The van der Waals surface area contributed by atoms with Crippen molar-refractivity contribution in [1.29, 1.82) is 0 Å². The Morgan fingerprint density at radius 1 is 1.15 bits per heavy atom. The normalized spacial score (nSPS) is 10.7. The summed E-state index contributed by atoms with van der Waals surface area (Å²) in [5.41, 5.74) is 3.38. The van der Waals surface area contributed by atoms with Crippen LogP contribution in [0.5, 0.6) is 0 Å². The highest BCUT2D eigenvalue weighted by atomic mass is 32.2. The molecule has 5 nitrogen and oxygen atoms in total. The summed E-state index contributed by atoms with van der Waals surface area (Å²) in [6, 6.07) is 13.5. The Morgan fingerprint density at radius 3 is 2.69 bits per heavy atom. The van der Waals surface area contributed by atoms with Gasteiger partial charge in [-0.2, -0.15) is 0 Å². The van der Waals surface area contributed by atoms with Crippen molar-refractivity contribution >= 4 is 56.5 Å². The molecule has 2 N–H and O–H groups in total. The van der Waals surface area contributed by atoms with Crippen molar-refractivity contribution in [1.82, 2.24) is 4.98 Å². The van der Waals surface area contributed by atoms with Crippen LogP contribution in [0.3, 0.4) is 0 Å². The lowest BCUT2D eigenvalue weighted by Gasteiger charge is -2.10. The molecule has 0 spiro atoms. The number of carbonyl (C=O) groups excluding carboxylic acids is 2. The number of carbonyl (C=O) groups is 2. The Bertz CT molecular complexity index is 920. The van der Waals surface area contributed by atoms with Crippen LogP contribution in [-0.4, -0.2) is 22.6 Å². The number of benzene rings is 2. The summed E-state index contributed by atoms with van der Waals surface area (Å²) < 4.78 is 1.17. The molecule has 0 aliphatic carbocycles. The van der Waals surface area contributed by atoms with Gasteiger partial charge in [-0.1, -0.05) is 12.1 Å². The number of rotatable bonds is 6. The van der Waals surface area contributed by atoms with E-state index in [4.69, 9.17) is 0 Å². The minimum Gasteiger partial charge on any atom is -0.326 e. The summed E-state index contributed by atoms with van der Waals surface area (Å²) >= 11 is 3.21. The van der Waals surface area contributed by atoms with Crippen molar-refractivity contribution in [3.63, 3.8) is 0 Å². The van der Waals surface area contributed by atoms with E-state index in [1.54, 1.807) is 35.2 Å². The first-order valence-electron chi connectivity index (χ1n) is 8.11. The highest BCUT2D eigenvalue weighted by Gasteiger charge is 2.08. The Balaban J connectivity index is 1.50. The Labute approximate surface area is 160 Å². The summed E-state index contributed by atoms with van der Waals surface area (Å²) in [5, 5.41) is 6.67. The first-order chi connectivity index (χ1) is 12.5. The predicted octanol–water partition coefficient (Wildman–Crippen LogP) is 4.44. The van der Waals surface area contributed by atoms with Crippen LogP contribution in [-0.2, 0) is 15.3 Å². The second kappa shape index (κ2) is 8.33. The molecule has 26 heavy (non-hydrogen) atoms. The van der Waals surface area contributed by atoms with Gasteiger partial charge in [0.1, 0.15) is 5.01 Å². The topological polar surface area (TPSA) is 71.1 Å². The molecule has 0 fully saturated rings. The summed E-state index contributed by atoms with van der Waals surface area (Å²) in [4.78, 5) is 27.8. The highest BCUT2D eigenvalue weighted by Crippen LogP contribution is 2.25. The average Bonchev–Trinajstić information content (AvgIpc) is 2.99. The molecular weight excluding hydrogens is 366 g/mol. The molecule has 0 saturated carbocycles. The second-order valence-corrected chi connectivity index (χ2v) is 7.93. The fourth-order valence-electron chi connectivity index (χ4n) is 2.48. The summed E-state index contributed by atoms with van der Waals surface area (Å²) in [6.07, 6.45) is 0. The van der Waals surface area contributed by atoms with E-state index < -0.39 is 0 Å². The van der Waals surface area contributed by atoms with Gasteiger partial charge in [0, 0.05) is 24.1 Å². The summed E-state index contributed by atoms with van der Waals surface area (Å²) in [6.45, 7) is 3.36. The molecule has 1 heterocycles. The molecule has 1 aromatic heterocycles. The van der Waals surface area contributed by atoms with E-state index in [-0.39, 0.29) is 11.8 Å². The zero-order valence-corrected chi connectivity index (χ0v) is 16.2. The number of para-hydroxylation sites is 1. The van der Waals surface area contributed by atoms with E-state index in [2.05, 4.69) is 21.7 Å². The number of nitrogens with zero attached hydrogens (tertiary/aromatic N) is 1. The van der Waals surface area contributed by atoms with Crippen LogP contribution in [0.15, 0.2) is 42.5 Å². The van der Waals surface area contributed by atoms with E-state index in [0.29, 0.717) is 11.5 Å². The number of amides is 2. The quantitative estimate of drug-likeness (QED) is 0.658. The summed E-state index contributed by atoms with van der Waals surface area (Å²) in [7, 11) is 0. The van der Waals surface area contributed by atoms with E-state index in [0.717, 1.165) is 27.5 Å². The molecular formula is C19H19N3O2S2. The number of hydrogen-bond acceptors (Lipinski definition) is 5. The van der Waals surface area contributed by atoms with Gasteiger partial charge in [-0.05, 0) is 42.8 Å². The number of thiazole rings is 1. The number of aryl methyl sites for hydroxylation is 1. The van der Waals surface area contributed by atoms with Crippen molar-refractivity contribution in [2.45, 2.75) is 19.6 Å². The van der Waals surface area contributed by atoms with E-state index in [1.807, 2.05) is 31.2 Å². The van der Waals surface area contributed by atoms with Crippen molar-refractivity contribution in [2.75, 3.05) is 16.4 Å². The number of fused-ring (bicyclic) bond motifs is 1. The molecule has 0 saturated heterocycles. The lowest BCUT2D eigenvalue weighted by atomic mass is 10.1. The molecule has 7 heteroatoms. The van der Waals surface area contributed by atoms with Crippen LogP contribution in [0.4, 0.5) is 11.4 Å². The standard InChI is InChI=1S/C19H19N3O2S2/c1-12-9-14(7-8-15(12)20-13(2)23)21-18(24)10-25-11-19-22-16-5-3-4-6-17(16)26-19/h3-9H,10-11H2,1-2H3,(H,20,23)(H,21,24). The molecule has 2 aromatic carbocycles. The third-order valence-corrected chi connectivity index (χ3v) is 5.78. The van der Waals surface area contributed by atoms with Gasteiger partial charge in [0.15, 0.2) is 0 Å². The van der Waals surface area contributed by atoms with Gasteiger partial charge in [-0.15, -0.1) is 23.1 Å². The number of nitrogens with one attached hydrogen (secondary N) is 2. The van der Waals surface area contributed by atoms with Crippen LogP contribution >= 0.6 is 23.1 Å². The Hall–Kier alpha value is -2.38. The lowest BCUT2D eigenvalue weighted by molar-refractivity contribution is -0.114. The first-order valence-corrected chi connectivity index (χ1v) is 10.1. The van der Waals surface area contributed by atoms with Gasteiger partial charge in [-0.25, -0.2) is 4.98 Å². The maximum absolute atomic E-state index is 12.1. The Kier molecular flexibility index (Phi) is 5.90. The van der Waals surface area contributed by atoms with E-state index >= 15 is 0 Å². The lowest BCUT2D eigenvalue weighted by Crippen LogP contribution is -2.14. The average molecular weight is 386 g/mol. The maximum atomic E-state index is 12.1. The van der Waals surface area contributed by atoms with Crippen LogP contribution in [0.1, 0.15) is 17.5 Å². The van der Waals surface area contributed by atoms with Crippen LogP contribution in [0.2, 0.25) is 0 Å². The molecule has 3 rings (SSSR count). The molecule has 0 aliphatic rings. The van der Waals surface area contributed by atoms with Crippen molar-refractivity contribution in [2.24, 2.45) is 0 Å². The van der Waals surface area contributed by atoms with Gasteiger partial charge in [0.25, 0.3) is 0 Å². The first kappa shape index (κ1) is 18.4. The third-order valence-electron chi connectivity index (χ3n) is 3.62. The number of anilines is 2. The maximum Gasteiger partial charge on any atom is 0.234 e. The molecule has 3 aromatic rings. The molecule has 0 aliphatic heterocycles. The second-order valence-electron chi connectivity index (χ2n) is 5.83. The minimum atomic E-state index is -0.115. The molecule has 2 amide bonds. The zero-order chi connectivity index (χ0) is 18.5. The highest BCUT2D eigenvalue weighted by molar-refractivity contribution is 7.99. The van der Waals surface area contributed by atoms with Crippen LogP contribution in [0.25, 0.3) is 10.2 Å². The van der Waals surface area contributed by atoms with Crippen molar-refractivity contribution in [3.8, 4) is 0 Å². The third kappa shape index (κ3) is 4.83. The molecule has 0 atom stereocenters. The van der Waals surface area contributed by atoms with Crippen LogP contribution < -0.4 is 10.6 Å². The van der Waals surface area contributed by atoms with Gasteiger partial charge >= 0.3 is 0 Å². The van der Waals surface area contributed by atoms with Gasteiger partial charge < -0.3 is 10.6 Å². The largest absolute Gasteiger partial charge is 0.326 e. The SMILES string of the molecule is CC(=O)Nc1ccc(NC(=O)CSCc2nc3ccccc3s2)cc1C. The molecule has 134 valence electrons. The monoisotopic (exact) mass is 385 g/mol. The van der Waals surface area contributed by atoms with Crippen LogP contribution in [0, 0.1) is 6.92 Å². The fraction of sp³-hybridized carbons (Fsp3) is 0.211. The van der Waals surface area contributed by atoms with Crippen molar-refractivity contribution < 1.29 is 9.59 Å². The summed E-state index contributed by atoms with van der Waals surface area (Å²) in [5.74, 6) is 0.911. The smallest absolute Gasteiger partial charge is 0.234 e. The van der Waals surface area contributed by atoms with E-state index in [9.17, 15) is 9.59 Å². The fourth-order valence-corrected chi connectivity index (χ4v) is 4.33. The van der Waals surface area contributed by atoms with E-state index in [1.165, 1.54) is 11.6 Å². The molecule has 0 bridgehead atoms. The predicted molar refractivity (Wildman–Crippen MR) is 110 cm³/mol. The molecule has 0 radical (unpaired) electrons. The zero-order valence-electron chi connectivity index (χ0n) is 14.5. The minimum absolute atomic E-state index is 0.0530. The van der Waals surface area contributed by atoms with Crippen molar-refractivity contribution in [3.05, 3.63) is 53.0 Å².